The van der Waals surface area contributed by atoms with Gasteiger partial charge < -0.3 is 4.90 Å². The largest absolute Gasteiger partial charge is 0.320 e. The lowest BCUT2D eigenvalue weighted by molar-refractivity contribution is 0.464. The lowest BCUT2D eigenvalue weighted by atomic mass is 10.1. The van der Waals surface area contributed by atoms with E-state index in [2.05, 4.69) is 13.0 Å². The van der Waals surface area contributed by atoms with Gasteiger partial charge in [0.15, 0.2) is 5.37 Å². The molecule has 0 amide bonds. The Labute approximate surface area is 141 Å². The zero-order valence-electron chi connectivity index (χ0n) is 13.1. The number of nitrogens with zero attached hydrogens (tertiary/aromatic N) is 1. The maximum Gasteiger partial charge on any atom is 0.286 e. The summed E-state index contributed by atoms with van der Waals surface area (Å²) in [6.07, 6.45) is 1.17. The van der Waals surface area contributed by atoms with Crippen molar-refractivity contribution in [3.8, 4) is 0 Å². The fourth-order valence-electron chi connectivity index (χ4n) is 2.98. The molecule has 0 radical (unpaired) electrons. The Balaban J connectivity index is 2.27. The van der Waals surface area contributed by atoms with Crippen molar-refractivity contribution in [1.82, 2.24) is 0 Å². The van der Waals surface area contributed by atoms with Crippen LogP contribution >= 0.6 is 11.8 Å². The summed E-state index contributed by atoms with van der Waals surface area (Å²) in [6, 6.07) is 13.6. The third kappa shape index (κ3) is 2.86. The van der Waals surface area contributed by atoms with Crippen molar-refractivity contribution < 1.29 is 13.0 Å². The molecule has 0 fully saturated rings. The number of anilines is 2. The highest BCUT2D eigenvalue weighted by molar-refractivity contribution is 7.99. The summed E-state index contributed by atoms with van der Waals surface area (Å²) in [4.78, 5) is 3.83. The molecule has 3 rings (SSSR count). The summed E-state index contributed by atoms with van der Waals surface area (Å²) in [5.74, 6) is 0. The number of hydrogen-bond acceptors (Lipinski definition) is 4. The van der Waals surface area contributed by atoms with Crippen LogP contribution in [0.25, 0.3) is 0 Å². The van der Waals surface area contributed by atoms with E-state index in [1.807, 2.05) is 36.4 Å². The van der Waals surface area contributed by atoms with Crippen LogP contribution in [0.15, 0.2) is 52.3 Å². The molecule has 1 aliphatic heterocycles. The van der Waals surface area contributed by atoms with Gasteiger partial charge in [-0.2, -0.15) is 8.42 Å². The minimum Gasteiger partial charge on any atom is -0.320 e. The number of fused-ring (bicyclic) bond motifs is 2. The summed E-state index contributed by atoms with van der Waals surface area (Å²) in [5.41, 5.74) is 2.84. The van der Waals surface area contributed by atoms with Crippen molar-refractivity contribution in [2.45, 2.75) is 41.9 Å². The Bertz CT molecular complexity index is 833. The van der Waals surface area contributed by atoms with Gasteiger partial charge in [0, 0.05) is 9.79 Å². The van der Waals surface area contributed by atoms with E-state index in [4.69, 9.17) is 0 Å². The second-order valence-corrected chi connectivity index (χ2v) is 8.06. The molecular weight excluding hydrogens is 330 g/mol. The van der Waals surface area contributed by atoms with E-state index < -0.39 is 15.5 Å². The summed E-state index contributed by atoms with van der Waals surface area (Å²) in [5, 5.41) is -0.990. The molecular formula is C17H19NO3S2. The van der Waals surface area contributed by atoms with E-state index in [0.717, 1.165) is 27.6 Å². The summed E-state index contributed by atoms with van der Waals surface area (Å²) >= 11 is 1.66. The molecule has 0 aromatic heterocycles. The van der Waals surface area contributed by atoms with E-state index >= 15 is 0 Å². The molecule has 6 heteroatoms. The molecule has 1 N–H and O–H groups in total. The van der Waals surface area contributed by atoms with Gasteiger partial charge >= 0.3 is 0 Å². The SMILES string of the molecule is CCc1cccc2c1Sc1ccccc1N2C(CC)S(=O)(=O)O. The first-order valence-electron chi connectivity index (χ1n) is 7.61. The monoisotopic (exact) mass is 349 g/mol. The lowest BCUT2D eigenvalue weighted by Gasteiger charge is -2.37. The number of benzene rings is 2. The Hall–Kier alpha value is -1.50. The van der Waals surface area contributed by atoms with Crippen LogP contribution in [0.3, 0.4) is 0 Å². The molecule has 1 heterocycles. The van der Waals surface area contributed by atoms with E-state index in [9.17, 15) is 13.0 Å². The van der Waals surface area contributed by atoms with E-state index in [0.29, 0.717) is 6.42 Å². The summed E-state index contributed by atoms with van der Waals surface area (Å²) in [6.45, 7) is 3.85. The fraction of sp³-hybridized carbons (Fsp3) is 0.294. The number of hydrogen-bond donors (Lipinski definition) is 1. The third-order valence-corrected chi connectivity index (χ3v) is 6.51. The Morgan fingerprint density at radius 3 is 2.43 bits per heavy atom. The van der Waals surface area contributed by atoms with Crippen molar-refractivity contribution >= 4 is 33.3 Å². The number of rotatable bonds is 4. The molecule has 2 aromatic carbocycles. The zero-order valence-corrected chi connectivity index (χ0v) is 14.7. The van der Waals surface area contributed by atoms with Gasteiger partial charge in [-0.1, -0.05) is 49.9 Å². The first-order valence-corrected chi connectivity index (χ1v) is 9.93. The average Bonchev–Trinajstić information content (AvgIpc) is 2.53. The minimum atomic E-state index is -4.20. The average molecular weight is 349 g/mol. The summed E-state index contributed by atoms with van der Waals surface area (Å²) < 4.78 is 33.6. The Morgan fingerprint density at radius 2 is 1.78 bits per heavy atom. The molecule has 0 aliphatic carbocycles. The van der Waals surface area contributed by atoms with E-state index in [1.54, 1.807) is 23.6 Å². The third-order valence-electron chi connectivity index (χ3n) is 4.03. The Kier molecular flexibility index (Phi) is 4.40. The molecule has 23 heavy (non-hydrogen) atoms. The molecule has 0 bridgehead atoms. The maximum absolute atomic E-state index is 11.9. The van der Waals surface area contributed by atoms with Crippen LogP contribution in [-0.2, 0) is 16.5 Å². The standard InChI is InChI=1S/C17H19NO3S2/c1-3-12-8-7-10-14-17(12)22-15-11-6-5-9-13(15)18(14)16(4-2)23(19,20)21/h5-11,16H,3-4H2,1-2H3,(H,19,20,21). The van der Waals surface area contributed by atoms with Crippen molar-refractivity contribution in [2.75, 3.05) is 4.90 Å². The van der Waals surface area contributed by atoms with Gasteiger partial charge in [-0.15, -0.1) is 0 Å². The molecule has 0 saturated heterocycles. The number of aryl methyl sites for hydroxylation is 1. The quantitative estimate of drug-likeness (QED) is 0.825. The van der Waals surface area contributed by atoms with Crippen LogP contribution in [-0.4, -0.2) is 18.3 Å². The van der Waals surface area contributed by atoms with Crippen LogP contribution in [0, 0.1) is 0 Å². The second kappa shape index (κ2) is 6.19. The fourth-order valence-corrected chi connectivity index (χ4v) is 5.14. The highest BCUT2D eigenvalue weighted by Crippen LogP contribution is 2.51. The van der Waals surface area contributed by atoms with Crippen molar-refractivity contribution in [2.24, 2.45) is 0 Å². The van der Waals surface area contributed by atoms with Gasteiger partial charge in [-0.25, -0.2) is 0 Å². The molecule has 1 atom stereocenters. The van der Waals surface area contributed by atoms with Gasteiger partial charge in [-0.3, -0.25) is 4.55 Å². The molecule has 1 unspecified atom stereocenters. The van der Waals surface area contributed by atoms with Gasteiger partial charge in [0.25, 0.3) is 10.1 Å². The molecule has 0 spiro atoms. The smallest absolute Gasteiger partial charge is 0.286 e. The molecule has 2 aromatic rings. The zero-order chi connectivity index (χ0) is 16.6. The van der Waals surface area contributed by atoms with Crippen molar-refractivity contribution in [1.29, 1.82) is 0 Å². The van der Waals surface area contributed by atoms with Crippen LogP contribution in [0.2, 0.25) is 0 Å². The number of para-hydroxylation sites is 1. The van der Waals surface area contributed by atoms with Crippen LogP contribution in [0.4, 0.5) is 11.4 Å². The second-order valence-electron chi connectivity index (χ2n) is 5.44. The van der Waals surface area contributed by atoms with Crippen LogP contribution in [0.1, 0.15) is 25.8 Å². The molecule has 4 nitrogen and oxygen atoms in total. The van der Waals surface area contributed by atoms with Gasteiger partial charge in [-0.05, 0) is 36.6 Å². The maximum atomic E-state index is 11.9. The highest BCUT2D eigenvalue weighted by Gasteiger charge is 2.35. The normalized spacial score (nSPS) is 15.0. The first-order chi connectivity index (χ1) is 11.0. The predicted octanol–water partition coefficient (Wildman–Crippen LogP) is 4.48. The molecule has 1 aliphatic rings. The highest BCUT2D eigenvalue weighted by atomic mass is 32.2. The van der Waals surface area contributed by atoms with E-state index in [1.165, 1.54) is 5.56 Å². The Morgan fingerprint density at radius 1 is 1.09 bits per heavy atom. The first kappa shape index (κ1) is 16.4. The van der Waals surface area contributed by atoms with E-state index in [-0.39, 0.29) is 0 Å². The van der Waals surface area contributed by atoms with Crippen LogP contribution in [0.5, 0.6) is 0 Å². The molecule has 122 valence electrons. The van der Waals surface area contributed by atoms with Crippen molar-refractivity contribution in [3.63, 3.8) is 0 Å². The van der Waals surface area contributed by atoms with Crippen LogP contribution < -0.4 is 4.90 Å². The minimum absolute atomic E-state index is 0.299. The van der Waals surface area contributed by atoms with Crippen molar-refractivity contribution in [3.05, 3.63) is 48.0 Å². The van der Waals surface area contributed by atoms with Gasteiger partial charge in [0.2, 0.25) is 0 Å². The summed E-state index contributed by atoms with van der Waals surface area (Å²) in [7, 11) is -4.20. The molecule has 0 saturated carbocycles. The van der Waals surface area contributed by atoms with Gasteiger partial charge in [0.05, 0.1) is 11.4 Å². The predicted molar refractivity (Wildman–Crippen MR) is 94.2 cm³/mol. The lowest BCUT2D eigenvalue weighted by Crippen LogP contribution is -2.38. The topological polar surface area (TPSA) is 57.6 Å². The van der Waals surface area contributed by atoms with Gasteiger partial charge in [0.1, 0.15) is 0 Å².